The van der Waals surface area contributed by atoms with Crippen LogP contribution >= 0.6 is 11.8 Å². The number of piperidine rings is 1. The lowest BCUT2D eigenvalue weighted by Crippen LogP contribution is -2.46. The van der Waals surface area contributed by atoms with Crippen LogP contribution < -0.4 is 5.73 Å². The zero-order chi connectivity index (χ0) is 15.8. The van der Waals surface area contributed by atoms with Gasteiger partial charge in [0.25, 0.3) is 0 Å². The molecule has 1 aliphatic carbocycles. The van der Waals surface area contributed by atoms with Gasteiger partial charge in [-0.2, -0.15) is 11.8 Å². The second-order valence-corrected chi connectivity index (χ2v) is 8.68. The molecule has 5 atom stereocenters. The molecule has 4 heteroatoms. The summed E-state index contributed by atoms with van der Waals surface area (Å²) in [6.45, 7) is 1.69. The first-order valence-electron chi connectivity index (χ1n) is 8.93. The van der Waals surface area contributed by atoms with Gasteiger partial charge in [0, 0.05) is 36.1 Å². The maximum atomic E-state index is 12.7. The highest BCUT2D eigenvalue weighted by molar-refractivity contribution is 8.00. The highest BCUT2D eigenvalue weighted by atomic mass is 32.2. The highest BCUT2D eigenvalue weighted by Crippen LogP contribution is 2.53. The van der Waals surface area contributed by atoms with E-state index in [0.29, 0.717) is 23.0 Å². The van der Waals surface area contributed by atoms with E-state index in [1.807, 2.05) is 4.90 Å². The summed E-state index contributed by atoms with van der Waals surface area (Å²) < 4.78 is 0. The first kappa shape index (κ1) is 15.5. The maximum absolute atomic E-state index is 12.7. The first-order valence-corrected chi connectivity index (χ1v) is 9.98. The first-order chi connectivity index (χ1) is 11.2. The average Bonchev–Trinajstić information content (AvgIpc) is 3.23. The maximum Gasteiger partial charge on any atom is 0.226 e. The lowest BCUT2D eigenvalue weighted by atomic mass is 9.94. The van der Waals surface area contributed by atoms with Gasteiger partial charge in [0.2, 0.25) is 5.91 Å². The molecule has 0 spiro atoms. The summed E-state index contributed by atoms with van der Waals surface area (Å²) in [6, 6.07) is 11.0. The van der Waals surface area contributed by atoms with Crippen molar-refractivity contribution in [3.05, 3.63) is 35.9 Å². The summed E-state index contributed by atoms with van der Waals surface area (Å²) in [5, 5.41) is 0.674. The number of thioether (sulfide) groups is 1. The molecule has 2 saturated heterocycles. The van der Waals surface area contributed by atoms with Gasteiger partial charge in [0.15, 0.2) is 0 Å². The highest BCUT2D eigenvalue weighted by Gasteiger charge is 2.51. The van der Waals surface area contributed by atoms with Crippen LogP contribution in [0.5, 0.6) is 0 Å². The Kier molecular flexibility index (Phi) is 4.37. The molecule has 2 N–H and O–H groups in total. The van der Waals surface area contributed by atoms with Crippen LogP contribution in [0.3, 0.4) is 0 Å². The van der Waals surface area contributed by atoms with E-state index < -0.39 is 0 Å². The van der Waals surface area contributed by atoms with Crippen LogP contribution in [0.15, 0.2) is 30.3 Å². The molecule has 3 nitrogen and oxygen atoms in total. The van der Waals surface area contributed by atoms with E-state index in [1.54, 1.807) is 0 Å². The lowest BCUT2D eigenvalue weighted by molar-refractivity contribution is -0.134. The Labute approximate surface area is 143 Å². The molecule has 3 fully saturated rings. The molecular formula is C19H26N2OS. The third kappa shape index (κ3) is 3.29. The van der Waals surface area contributed by atoms with E-state index in [0.717, 1.165) is 32.4 Å². The molecule has 1 amide bonds. The fraction of sp³-hybridized carbons (Fsp3) is 0.632. The zero-order valence-electron chi connectivity index (χ0n) is 13.6. The predicted molar refractivity (Wildman–Crippen MR) is 95.4 cm³/mol. The molecule has 1 aromatic rings. The minimum Gasteiger partial charge on any atom is -0.341 e. The Morgan fingerprint density at radius 2 is 2.04 bits per heavy atom. The number of likely N-dealkylation sites (tertiary alicyclic amines) is 1. The monoisotopic (exact) mass is 330 g/mol. The number of carbonyl (C=O) groups is 1. The minimum atomic E-state index is 0.188. The van der Waals surface area contributed by atoms with Crippen LogP contribution in [-0.2, 0) is 4.79 Å². The number of carbonyl (C=O) groups excluding carboxylic acids is 1. The third-order valence-electron chi connectivity index (χ3n) is 5.70. The number of rotatable bonds is 3. The number of hydrogen-bond donors (Lipinski definition) is 1. The zero-order valence-corrected chi connectivity index (χ0v) is 14.4. The average molecular weight is 330 g/mol. The van der Waals surface area contributed by atoms with Gasteiger partial charge in [-0.3, -0.25) is 4.79 Å². The van der Waals surface area contributed by atoms with Gasteiger partial charge < -0.3 is 10.6 Å². The summed E-state index contributed by atoms with van der Waals surface area (Å²) in [4.78, 5) is 14.7. The van der Waals surface area contributed by atoms with E-state index >= 15 is 0 Å². The molecule has 124 valence electrons. The van der Waals surface area contributed by atoms with Crippen LogP contribution in [0.2, 0.25) is 0 Å². The van der Waals surface area contributed by atoms with Crippen molar-refractivity contribution in [2.45, 2.75) is 42.9 Å². The molecule has 1 aromatic carbocycles. The van der Waals surface area contributed by atoms with Gasteiger partial charge in [0.05, 0.1) is 0 Å². The number of benzene rings is 1. The van der Waals surface area contributed by atoms with Crippen molar-refractivity contribution >= 4 is 17.7 Å². The van der Waals surface area contributed by atoms with Gasteiger partial charge >= 0.3 is 0 Å². The molecule has 4 rings (SSSR count). The summed E-state index contributed by atoms with van der Waals surface area (Å²) >= 11 is 2.09. The van der Waals surface area contributed by atoms with Crippen molar-refractivity contribution in [2.75, 3.05) is 18.8 Å². The molecule has 23 heavy (non-hydrogen) atoms. The van der Waals surface area contributed by atoms with Crippen molar-refractivity contribution in [1.82, 2.24) is 4.90 Å². The van der Waals surface area contributed by atoms with E-state index in [9.17, 15) is 4.79 Å². The number of hydrogen-bond acceptors (Lipinski definition) is 3. The van der Waals surface area contributed by atoms with Gasteiger partial charge in [-0.1, -0.05) is 30.3 Å². The van der Waals surface area contributed by atoms with Crippen LogP contribution in [0.1, 0.15) is 37.2 Å². The lowest BCUT2D eigenvalue weighted by Gasteiger charge is -2.31. The SMILES string of the molecule is NC1CCCN(C(=O)C2CC2C2CC(c3ccccc3)CS2)C1. The standard InChI is InChI=1S/C19H26N2OS/c20-15-7-4-8-21(11-15)19(22)17-10-16(17)18-9-14(12-23-18)13-5-2-1-3-6-13/h1-3,5-6,14-18H,4,7-12,20H2. The summed E-state index contributed by atoms with van der Waals surface area (Å²) in [5.74, 6) is 3.16. The molecule has 2 aliphatic heterocycles. The van der Waals surface area contributed by atoms with Gasteiger partial charge in [-0.15, -0.1) is 0 Å². The minimum absolute atomic E-state index is 0.188. The largest absolute Gasteiger partial charge is 0.341 e. The Bertz CT molecular complexity index is 564. The fourth-order valence-electron chi connectivity index (χ4n) is 4.27. The van der Waals surface area contributed by atoms with Crippen LogP contribution in [0.25, 0.3) is 0 Å². The summed E-state index contributed by atoms with van der Waals surface area (Å²) in [6.07, 6.45) is 4.47. The Balaban J connectivity index is 1.32. The molecule has 2 heterocycles. The molecule has 0 bridgehead atoms. The van der Waals surface area contributed by atoms with Gasteiger partial charge in [0.1, 0.15) is 0 Å². The van der Waals surface area contributed by atoms with Crippen LogP contribution in [-0.4, -0.2) is 40.9 Å². The predicted octanol–water partition coefficient (Wildman–Crippen LogP) is 2.86. The molecular weight excluding hydrogens is 304 g/mol. The van der Waals surface area contributed by atoms with Crippen molar-refractivity contribution in [3.63, 3.8) is 0 Å². The molecule has 0 radical (unpaired) electrons. The normalized spacial score (nSPS) is 36.9. The van der Waals surface area contributed by atoms with E-state index in [-0.39, 0.29) is 12.0 Å². The second kappa shape index (κ2) is 6.48. The molecule has 0 aromatic heterocycles. The smallest absolute Gasteiger partial charge is 0.226 e. The van der Waals surface area contributed by atoms with E-state index in [4.69, 9.17) is 5.73 Å². The Morgan fingerprint density at radius 1 is 1.22 bits per heavy atom. The van der Waals surface area contributed by atoms with Crippen molar-refractivity contribution in [1.29, 1.82) is 0 Å². The van der Waals surface area contributed by atoms with Crippen molar-refractivity contribution in [3.8, 4) is 0 Å². The molecule has 5 unspecified atom stereocenters. The Morgan fingerprint density at radius 3 is 2.83 bits per heavy atom. The topological polar surface area (TPSA) is 46.3 Å². The summed E-state index contributed by atoms with van der Waals surface area (Å²) in [7, 11) is 0. The summed E-state index contributed by atoms with van der Waals surface area (Å²) in [5.41, 5.74) is 7.49. The fourth-order valence-corrected chi connectivity index (χ4v) is 5.99. The van der Waals surface area contributed by atoms with Crippen molar-refractivity contribution < 1.29 is 4.79 Å². The van der Waals surface area contributed by atoms with E-state index in [1.165, 1.54) is 17.7 Å². The number of nitrogens with two attached hydrogens (primary N) is 1. The van der Waals surface area contributed by atoms with Crippen LogP contribution in [0.4, 0.5) is 0 Å². The number of nitrogens with zero attached hydrogens (tertiary/aromatic N) is 1. The quantitative estimate of drug-likeness (QED) is 0.927. The van der Waals surface area contributed by atoms with E-state index in [2.05, 4.69) is 42.1 Å². The number of amides is 1. The van der Waals surface area contributed by atoms with Gasteiger partial charge in [-0.05, 0) is 43.1 Å². The van der Waals surface area contributed by atoms with Crippen LogP contribution in [0, 0.1) is 11.8 Å². The molecule has 3 aliphatic rings. The Hall–Kier alpha value is -1.00. The third-order valence-corrected chi connectivity index (χ3v) is 7.27. The molecule has 1 saturated carbocycles. The van der Waals surface area contributed by atoms with Crippen molar-refractivity contribution in [2.24, 2.45) is 17.6 Å². The van der Waals surface area contributed by atoms with Gasteiger partial charge in [-0.25, -0.2) is 0 Å². The second-order valence-electron chi connectivity index (χ2n) is 7.41.